The summed E-state index contributed by atoms with van der Waals surface area (Å²) in [5.74, 6) is 0. The van der Waals surface area contributed by atoms with Crippen LogP contribution in [0.3, 0.4) is 0 Å². The Morgan fingerprint density at radius 2 is 1.82 bits per heavy atom. The SMILES string of the molecule is CB(O)N1C[C@H](O[Si](C)(C)C(C)(C)C)C[C@H]1c1ccccc1. The van der Waals surface area contributed by atoms with Gasteiger partial charge in [-0.05, 0) is 36.9 Å². The highest BCUT2D eigenvalue weighted by Gasteiger charge is 2.44. The molecule has 2 atom stereocenters. The zero-order valence-corrected chi connectivity index (χ0v) is 15.8. The summed E-state index contributed by atoms with van der Waals surface area (Å²) in [5.41, 5.74) is 1.27. The predicted molar refractivity (Wildman–Crippen MR) is 96.4 cm³/mol. The Morgan fingerprint density at radius 3 is 2.32 bits per heavy atom. The lowest BCUT2D eigenvalue weighted by atomic mass is 9.83. The first kappa shape index (κ1) is 17.7. The molecule has 0 aliphatic carbocycles. The quantitative estimate of drug-likeness (QED) is 0.854. The number of hydrogen-bond donors (Lipinski definition) is 1. The van der Waals surface area contributed by atoms with Gasteiger partial charge in [0.2, 0.25) is 0 Å². The van der Waals surface area contributed by atoms with E-state index in [4.69, 9.17) is 4.43 Å². The van der Waals surface area contributed by atoms with Crippen LogP contribution >= 0.6 is 0 Å². The molecule has 1 aromatic rings. The third kappa shape index (κ3) is 3.82. The zero-order valence-electron chi connectivity index (χ0n) is 14.8. The van der Waals surface area contributed by atoms with Crippen molar-refractivity contribution in [1.82, 2.24) is 4.81 Å². The first-order chi connectivity index (χ1) is 10.1. The number of rotatable bonds is 4. The minimum atomic E-state index is -1.77. The maximum absolute atomic E-state index is 10.1. The molecule has 3 nitrogen and oxygen atoms in total. The third-order valence-corrected chi connectivity index (χ3v) is 9.77. The summed E-state index contributed by atoms with van der Waals surface area (Å²) in [6, 6.07) is 10.7. The van der Waals surface area contributed by atoms with Crippen molar-refractivity contribution in [2.24, 2.45) is 0 Å². The van der Waals surface area contributed by atoms with Crippen molar-refractivity contribution in [3.05, 3.63) is 35.9 Å². The second-order valence-electron chi connectivity index (χ2n) is 7.99. The Kier molecular flexibility index (Phi) is 5.22. The Hall–Kier alpha value is -0.618. The molecule has 0 aromatic heterocycles. The molecular weight excluding hydrogens is 289 g/mol. The Balaban J connectivity index is 2.15. The predicted octanol–water partition coefficient (Wildman–Crippen LogP) is 3.93. The van der Waals surface area contributed by atoms with Crippen LogP contribution in [0.5, 0.6) is 0 Å². The fraction of sp³-hybridized carbons (Fsp3) is 0.647. The largest absolute Gasteiger partial charge is 0.437 e. The molecule has 0 bridgehead atoms. The van der Waals surface area contributed by atoms with Gasteiger partial charge >= 0.3 is 7.05 Å². The minimum absolute atomic E-state index is 0.209. The van der Waals surface area contributed by atoms with Gasteiger partial charge in [-0.15, -0.1) is 0 Å². The molecule has 0 radical (unpaired) electrons. The summed E-state index contributed by atoms with van der Waals surface area (Å²) >= 11 is 0. The fourth-order valence-corrected chi connectivity index (χ4v) is 4.27. The van der Waals surface area contributed by atoms with Gasteiger partial charge in [-0.1, -0.05) is 51.1 Å². The van der Waals surface area contributed by atoms with Crippen molar-refractivity contribution in [1.29, 1.82) is 0 Å². The van der Waals surface area contributed by atoms with Gasteiger partial charge in [0, 0.05) is 12.6 Å². The summed E-state index contributed by atoms with van der Waals surface area (Å²) in [5, 5.41) is 10.4. The molecule has 0 amide bonds. The molecule has 122 valence electrons. The molecule has 2 rings (SSSR count). The second-order valence-corrected chi connectivity index (χ2v) is 12.7. The van der Waals surface area contributed by atoms with Gasteiger partial charge in [0.15, 0.2) is 8.32 Å². The van der Waals surface area contributed by atoms with E-state index < -0.39 is 15.4 Å². The van der Waals surface area contributed by atoms with Crippen LogP contribution in [0.25, 0.3) is 0 Å². The topological polar surface area (TPSA) is 32.7 Å². The van der Waals surface area contributed by atoms with Crippen LogP contribution in [0.2, 0.25) is 25.0 Å². The molecule has 0 saturated carbocycles. The summed E-state index contributed by atoms with van der Waals surface area (Å²) in [6.45, 7) is 14.1. The van der Waals surface area contributed by atoms with Crippen LogP contribution in [-0.4, -0.2) is 37.9 Å². The van der Waals surface area contributed by atoms with Crippen LogP contribution < -0.4 is 0 Å². The highest BCUT2D eigenvalue weighted by molar-refractivity contribution is 6.74. The lowest BCUT2D eigenvalue weighted by molar-refractivity contribution is 0.191. The maximum atomic E-state index is 10.1. The van der Waals surface area contributed by atoms with Gasteiger partial charge in [-0.25, -0.2) is 0 Å². The Morgan fingerprint density at radius 1 is 1.23 bits per heavy atom. The van der Waals surface area contributed by atoms with E-state index in [9.17, 15) is 5.02 Å². The van der Waals surface area contributed by atoms with Crippen LogP contribution in [0, 0.1) is 0 Å². The molecule has 1 fully saturated rings. The molecule has 0 unspecified atom stereocenters. The first-order valence-corrected chi connectivity index (χ1v) is 11.2. The molecule has 0 spiro atoms. The van der Waals surface area contributed by atoms with Crippen molar-refractivity contribution < 1.29 is 9.45 Å². The highest BCUT2D eigenvalue weighted by atomic mass is 28.4. The van der Waals surface area contributed by atoms with Gasteiger partial charge < -0.3 is 14.3 Å². The fourth-order valence-electron chi connectivity index (χ4n) is 2.92. The van der Waals surface area contributed by atoms with Gasteiger partial charge in [0.1, 0.15) is 0 Å². The van der Waals surface area contributed by atoms with E-state index in [1.54, 1.807) is 0 Å². The Labute approximate surface area is 136 Å². The van der Waals surface area contributed by atoms with E-state index in [-0.39, 0.29) is 17.2 Å². The average molecular weight is 319 g/mol. The van der Waals surface area contributed by atoms with Crippen LogP contribution in [0.4, 0.5) is 0 Å². The molecule has 1 aliphatic rings. The lowest BCUT2D eigenvalue weighted by Crippen LogP contribution is -2.45. The zero-order chi connectivity index (χ0) is 16.5. The second kappa shape index (κ2) is 6.48. The lowest BCUT2D eigenvalue weighted by Gasteiger charge is -2.38. The summed E-state index contributed by atoms with van der Waals surface area (Å²) in [4.78, 5) is 2.16. The summed E-state index contributed by atoms with van der Waals surface area (Å²) in [6.07, 6.45) is 1.17. The van der Waals surface area contributed by atoms with Gasteiger partial charge in [0.05, 0.1) is 6.10 Å². The van der Waals surface area contributed by atoms with E-state index >= 15 is 0 Å². The van der Waals surface area contributed by atoms with Crippen LogP contribution in [0.1, 0.15) is 38.8 Å². The van der Waals surface area contributed by atoms with Crippen molar-refractivity contribution in [3.8, 4) is 0 Å². The first-order valence-electron chi connectivity index (χ1n) is 8.28. The molecular formula is C17H30BNO2Si. The molecule has 1 N–H and O–H groups in total. The molecule has 1 aliphatic heterocycles. The van der Waals surface area contributed by atoms with Crippen LogP contribution in [-0.2, 0) is 4.43 Å². The van der Waals surface area contributed by atoms with Crippen molar-refractivity contribution in [2.45, 2.75) is 64.3 Å². The smallest absolute Gasteiger partial charge is 0.377 e. The van der Waals surface area contributed by atoms with Gasteiger partial charge in [-0.3, -0.25) is 0 Å². The maximum Gasteiger partial charge on any atom is 0.377 e. The summed E-state index contributed by atoms with van der Waals surface area (Å²) in [7, 11) is -2.22. The normalized spacial score (nSPS) is 23.8. The van der Waals surface area contributed by atoms with Gasteiger partial charge in [-0.2, -0.15) is 0 Å². The number of hydrogen-bond acceptors (Lipinski definition) is 3. The molecule has 1 heterocycles. The van der Waals surface area contributed by atoms with Crippen LogP contribution in [0.15, 0.2) is 30.3 Å². The monoisotopic (exact) mass is 319 g/mol. The van der Waals surface area contributed by atoms with Crippen molar-refractivity contribution in [2.75, 3.05) is 6.54 Å². The van der Waals surface area contributed by atoms with Crippen molar-refractivity contribution >= 4 is 15.4 Å². The summed E-state index contributed by atoms with van der Waals surface area (Å²) < 4.78 is 6.58. The van der Waals surface area contributed by atoms with E-state index in [1.807, 2.05) is 12.9 Å². The minimum Gasteiger partial charge on any atom is -0.437 e. The van der Waals surface area contributed by atoms with Gasteiger partial charge in [0.25, 0.3) is 0 Å². The average Bonchev–Trinajstić information content (AvgIpc) is 2.82. The number of nitrogens with zero attached hydrogens (tertiary/aromatic N) is 1. The molecule has 1 saturated heterocycles. The van der Waals surface area contributed by atoms with Crippen molar-refractivity contribution in [3.63, 3.8) is 0 Å². The standard InChI is InChI=1S/C17H30BNO2Si/c1-17(2,3)22(5,6)21-15-12-16(19(13-15)18(4)20)14-10-8-7-9-11-14/h7-11,15-16,20H,12-13H2,1-6H3/t15-,16+/m1/s1. The highest BCUT2D eigenvalue weighted by Crippen LogP contribution is 2.41. The molecule has 22 heavy (non-hydrogen) atoms. The molecule has 5 heteroatoms. The van der Waals surface area contributed by atoms with E-state index in [0.29, 0.717) is 0 Å². The number of benzene rings is 1. The van der Waals surface area contributed by atoms with E-state index in [1.165, 1.54) is 5.56 Å². The molecule has 1 aromatic carbocycles. The Bertz CT molecular complexity index is 487. The van der Waals surface area contributed by atoms with E-state index in [2.05, 4.69) is 62.9 Å². The third-order valence-electron chi connectivity index (χ3n) is 5.23. The van der Waals surface area contributed by atoms with E-state index in [0.717, 1.165) is 13.0 Å².